The Bertz CT molecular complexity index is 866. The van der Waals surface area contributed by atoms with E-state index in [1.807, 2.05) is 65.6 Å². The van der Waals surface area contributed by atoms with Gasteiger partial charge >= 0.3 is 0 Å². The van der Waals surface area contributed by atoms with E-state index in [2.05, 4.69) is 10.2 Å². The Morgan fingerprint density at radius 3 is 2.46 bits per heavy atom. The van der Waals surface area contributed by atoms with Crippen molar-refractivity contribution in [1.29, 1.82) is 5.26 Å². The van der Waals surface area contributed by atoms with Crippen molar-refractivity contribution in [2.75, 3.05) is 38.2 Å². The number of rotatable bonds is 6. The lowest BCUT2D eigenvalue weighted by atomic mass is 10.2. The fraction of sp³-hybridized carbons (Fsp3) is 0.273. The molecule has 28 heavy (non-hydrogen) atoms. The van der Waals surface area contributed by atoms with Crippen molar-refractivity contribution in [3.8, 4) is 11.8 Å². The van der Waals surface area contributed by atoms with Gasteiger partial charge in [0.25, 0.3) is 5.91 Å². The van der Waals surface area contributed by atoms with Gasteiger partial charge in [0.1, 0.15) is 17.4 Å². The minimum absolute atomic E-state index is 0.127. The smallest absolute Gasteiger partial charge is 0.263 e. The van der Waals surface area contributed by atoms with Crippen LogP contribution < -0.4 is 15.0 Å². The zero-order valence-corrected chi connectivity index (χ0v) is 16.0. The van der Waals surface area contributed by atoms with Crippen LogP contribution in [-0.2, 0) is 11.3 Å². The van der Waals surface area contributed by atoms with Gasteiger partial charge in [-0.3, -0.25) is 4.79 Å². The number of hydrogen-bond donors (Lipinski definition) is 1. The molecule has 0 bridgehead atoms. The van der Waals surface area contributed by atoms with Crippen molar-refractivity contribution >= 4 is 11.6 Å². The van der Waals surface area contributed by atoms with E-state index in [0.717, 1.165) is 43.2 Å². The Hall–Kier alpha value is -3.46. The Balaban J connectivity index is 1.57. The van der Waals surface area contributed by atoms with Gasteiger partial charge in [0.15, 0.2) is 0 Å². The van der Waals surface area contributed by atoms with E-state index in [0.29, 0.717) is 6.54 Å². The molecule has 0 atom stereocenters. The second kappa shape index (κ2) is 9.47. The molecule has 6 nitrogen and oxygen atoms in total. The van der Waals surface area contributed by atoms with Crippen molar-refractivity contribution in [3.05, 3.63) is 71.9 Å². The van der Waals surface area contributed by atoms with Crippen molar-refractivity contribution in [2.45, 2.75) is 6.54 Å². The van der Waals surface area contributed by atoms with E-state index in [9.17, 15) is 10.1 Å². The maximum Gasteiger partial charge on any atom is 0.263 e. The predicted octanol–water partition coefficient (Wildman–Crippen LogP) is 2.54. The number of nitrogens with zero attached hydrogens (tertiary/aromatic N) is 3. The Morgan fingerprint density at radius 2 is 1.79 bits per heavy atom. The minimum Gasteiger partial charge on any atom is -0.495 e. The van der Waals surface area contributed by atoms with E-state index >= 15 is 0 Å². The van der Waals surface area contributed by atoms with E-state index < -0.39 is 0 Å². The predicted molar refractivity (Wildman–Crippen MR) is 109 cm³/mol. The number of anilines is 1. The summed E-state index contributed by atoms with van der Waals surface area (Å²) in [6, 6.07) is 19.6. The number of carbonyl (C=O) groups excluding carboxylic acids is 1. The van der Waals surface area contributed by atoms with Crippen LogP contribution in [0.2, 0.25) is 0 Å². The molecule has 3 rings (SSSR count). The summed E-state index contributed by atoms with van der Waals surface area (Å²) in [5.41, 5.74) is 2.19. The third-order valence-electron chi connectivity index (χ3n) is 4.71. The molecule has 0 spiro atoms. The summed E-state index contributed by atoms with van der Waals surface area (Å²) < 4.78 is 5.44. The Kier molecular flexibility index (Phi) is 6.53. The van der Waals surface area contributed by atoms with E-state index in [1.54, 1.807) is 13.3 Å². The molecule has 2 aromatic carbocycles. The summed E-state index contributed by atoms with van der Waals surface area (Å²) >= 11 is 0. The van der Waals surface area contributed by atoms with Gasteiger partial charge < -0.3 is 19.9 Å². The van der Waals surface area contributed by atoms with Gasteiger partial charge in [0.05, 0.1) is 12.8 Å². The molecule has 1 heterocycles. The number of hydrogen-bond acceptors (Lipinski definition) is 5. The highest BCUT2D eigenvalue weighted by Crippen LogP contribution is 2.28. The van der Waals surface area contributed by atoms with Gasteiger partial charge in [-0.05, 0) is 17.7 Å². The van der Waals surface area contributed by atoms with Gasteiger partial charge in [-0.1, -0.05) is 42.5 Å². The van der Waals surface area contributed by atoms with Crippen LogP contribution >= 0.6 is 0 Å². The molecule has 1 saturated heterocycles. The number of ether oxygens (including phenoxy) is 1. The van der Waals surface area contributed by atoms with Crippen LogP contribution in [0.25, 0.3) is 0 Å². The van der Waals surface area contributed by atoms with Crippen molar-refractivity contribution in [1.82, 2.24) is 10.2 Å². The SMILES string of the molecule is COc1ccccc1N1CCN(/C=C(/C#N)C(=O)NCc2ccccc2)CC1. The lowest BCUT2D eigenvalue weighted by Crippen LogP contribution is -2.44. The van der Waals surface area contributed by atoms with Crippen LogP contribution in [0.15, 0.2) is 66.4 Å². The molecule has 1 amide bonds. The van der Waals surface area contributed by atoms with Crippen molar-refractivity contribution < 1.29 is 9.53 Å². The van der Waals surface area contributed by atoms with Gasteiger partial charge in [-0.15, -0.1) is 0 Å². The zero-order valence-electron chi connectivity index (χ0n) is 16.0. The van der Waals surface area contributed by atoms with Crippen LogP contribution in [0.5, 0.6) is 5.75 Å². The minimum atomic E-state index is -0.349. The standard InChI is InChI=1S/C22H24N4O2/c1-28-21-10-6-5-9-20(21)26-13-11-25(12-14-26)17-19(15-23)22(27)24-16-18-7-3-2-4-8-18/h2-10,17H,11-14,16H2,1H3,(H,24,27)/b19-17-. The molecule has 1 aliphatic rings. The van der Waals surface area contributed by atoms with E-state index in [1.165, 1.54) is 0 Å². The van der Waals surface area contributed by atoms with Crippen LogP contribution in [0, 0.1) is 11.3 Å². The highest BCUT2D eigenvalue weighted by molar-refractivity contribution is 5.97. The number of carbonyl (C=O) groups is 1. The first-order chi connectivity index (χ1) is 13.7. The largest absolute Gasteiger partial charge is 0.495 e. The molecule has 6 heteroatoms. The maximum absolute atomic E-state index is 12.3. The second-order valence-corrected chi connectivity index (χ2v) is 6.52. The number of benzene rings is 2. The topological polar surface area (TPSA) is 68.6 Å². The number of amides is 1. The first kappa shape index (κ1) is 19.3. The normalized spacial score (nSPS) is 14.4. The first-order valence-corrected chi connectivity index (χ1v) is 9.27. The van der Waals surface area contributed by atoms with Crippen molar-refractivity contribution in [2.24, 2.45) is 0 Å². The van der Waals surface area contributed by atoms with E-state index in [4.69, 9.17) is 4.74 Å². The first-order valence-electron chi connectivity index (χ1n) is 9.27. The highest BCUT2D eigenvalue weighted by Gasteiger charge is 2.19. The Morgan fingerprint density at radius 1 is 1.11 bits per heavy atom. The number of nitrogens with one attached hydrogen (secondary N) is 1. The highest BCUT2D eigenvalue weighted by atomic mass is 16.5. The number of piperazine rings is 1. The summed E-state index contributed by atoms with van der Waals surface area (Å²) in [5.74, 6) is 0.503. The molecular formula is C22H24N4O2. The number of para-hydroxylation sites is 2. The fourth-order valence-corrected chi connectivity index (χ4v) is 3.18. The molecule has 0 aromatic heterocycles. The van der Waals surface area contributed by atoms with Crippen LogP contribution in [0.1, 0.15) is 5.56 Å². The lowest BCUT2D eigenvalue weighted by Gasteiger charge is -2.36. The quantitative estimate of drug-likeness (QED) is 0.620. The molecule has 1 fully saturated rings. The number of methoxy groups -OCH3 is 1. The fourth-order valence-electron chi connectivity index (χ4n) is 3.18. The zero-order chi connectivity index (χ0) is 19.8. The van der Waals surface area contributed by atoms with E-state index in [-0.39, 0.29) is 11.5 Å². The molecule has 0 saturated carbocycles. The second-order valence-electron chi connectivity index (χ2n) is 6.52. The molecule has 1 aliphatic heterocycles. The van der Waals surface area contributed by atoms with Crippen LogP contribution in [0.3, 0.4) is 0 Å². The van der Waals surface area contributed by atoms with Gasteiger partial charge in [-0.25, -0.2) is 0 Å². The summed E-state index contributed by atoms with van der Waals surface area (Å²) in [6.45, 7) is 3.45. The molecule has 144 valence electrons. The number of nitriles is 1. The van der Waals surface area contributed by atoms with Crippen LogP contribution in [-0.4, -0.2) is 44.1 Å². The summed E-state index contributed by atoms with van der Waals surface area (Å²) in [5, 5.41) is 12.2. The van der Waals surface area contributed by atoms with Gasteiger partial charge in [-0.2, -0.15) is 5.26 Å². The monoisotopic (exact) mass is 376 g/mol. The van der Waals surface area contributed by atoms with Gasteiger partial charge in [0, 0.05) is 38.9 Å². The molecule has 0 unspecified atom stereocenters. The third-order valence-corrected chi connectivity index (χ3v) is 4.71. The molecule has 0 aliphatic carbocycles. The average molecular weight is 376 g/mol. The maximum atomic E-state index is 12.3. The van der Waals surface area contributed by atoms with Gasteiger partial charge in [0.2, 0.25) is 0 Å². The molecule has 2 aromatic rings. The lowest BCUT2D eigenvalue weighted by molar-refractivity contribution is -0.117. The van der Waals surface area contributed by atoms with Crippen molar-refractivity contribution in [3.63, 3.8) is 0 Å². The summed E-state index contributed by atoms with van der Waals surface area (Å²) in [6.07, 6.45) is 1.67. The molecule has 1 N–H and O–H groups in total. The molecular weight excluding hydrogens is 352 g/mol. The average Bonchev–Trinajstić information content (AvgIpc) is 2.77. The summed E-state index contributed by atoms with van der Waals surface area (Å²) in [7, 11) is 1.67. The third kappa shape index (κ3) is 4.83. The Labute approximate surface area is 165 Å². The summed E-state index contributed by atoms with van der Waals surface area (Å²) in [4.78, 5) is 16.6. The molecule has 0 radical (unpaired) electrons. The van der Waals surface area contributed by atoms with Crippen LogP contribution in [0.4, 0.5) is 5.69 Å².